The van der Waals surface area contributed by atoms with Crippen LogP contribution in [0.1, 0.15) is 25.7 Å². The summed E-state index contributed by atoms with van der Waals surface area (Å²) < 4.78 is 1.76. The molecule has 2 aromatic heterocycles. The molecule has 1 aliphatic carbocycles. The van der Waals surface area contributed by atoms with E-state index in [-0.39, 0.29) is 0 Å². The summed E-state index contributed by atoms with van der Waals surface area (Å²) in [5.41, 5.74) is 1.10. The van der Waals surface area contributed by atoms with Crippen LogP contribution in [0.15, 0.2) is 36.8 Å². The molecule has 4 heteroatoms. The van der Waals surface area contributed by atoms with E-state index in [9.17, 15) is 0 Å². The third kappa shape index (κ3) is 2.53. The van der Waals surface area contributed by atoms with Crippen LogP contribution in [0.2, 0.25) is 0 Å². The van der Waals surface area contributed by atoms with Crippen molar-refractivity contribution >= 4 is 5.69 Å². The molecule has 1 N–H and O–H groups in total. The van der Waals surface area contributed by atoms with Gasteiger partial charge < -0.3 is 5.32 Å². The van der Waals surface area contributed by atoms with E-state index in [1.54, 1.807) is 10.9 Å². The van der Waals surface area contributed by atoms with Crippen molar-refractivity contribution in [2.75, 3.05) is 11.9 Å². The normalized spacial score (nSPS) is 16.0. The van der Waals surface area contributed by atoms with Crippen LogP contribution in [0.5, 0.6) is 0 Å². The lowest BCUT2D eigenvalue weighted by Gasteiger charge is -2.11. The number of pyridine rings is 1. The lowest BCUT2D eigenvalue weighted by atomic mass is 10.1. The molecule has 1 aliphatic rings. The molecule has 0 aliphatic heterocycles. The molecule has 0 unspecified atom stereocenters. The van der Waals surface area contributed by atoms with Crippen LogP contribution in [0.4, 0.5) is 5.69 Å². The van der Waals surface area contributed by atoms with Gasteiger partial charge in [-0.25, -0.2) is 9.67 Å². The van der Waals surface area contributed by atoms with E-state index in [1.807, 2.05) is 24.5 Å². The molecule has 2 heterocycles. The van der Waals surface area contributed by atoms with Crippen LogP contribution in [0.3, 0.4) is 0 Å². The summed E-state index contributed by atoms with van der Waals surface area (Å²) in [5.74, 6) is 1.70. The third-order valence-corrected chi connectivity index (χ3v) is 3.56. The standard InChI is InChI=1S/C14H18N4/c1-2-5-12(4-1)10-15-13-6-7-14(16-11-13)18-9-3-8-17-18/h3,6-9,11-12,15H,1-2,4-5,10H2. The van der Waals surface area contributed by atoms with E-state index in [0.717, 1.165) is 24.0 Å². The molecule has 1 fully saturated rings. The fourth-order valence-electron chi connectivity index (χ4n) is 2.51. The van der Waals surface area contributed by atoms with Crippen LogP contribution in [-0.4, -0.2) is 21.3 Å². The Morgan fingerprint density at radius 3 is 2.83 bits per heavy atom. The summed E-state index contributed by atoms with van der Waals surface area (Å²) in [6.07, 6.45) is 11.1. The Morgan fingerprint density at radius 1 is 1.28 bits per heavy atom. The van der Waals surface area contributed by atoms with Crippen molar-refractivity contribution in [2.45, 2.75) is 25.7 Å². The molecule has 0 radical (unpaired) electrons. The van der Waals surface area contributed by atoms with Crippen LogP contribution in [-0.2, 0) is 0 Å². The fraction of sp³-hybridized carbons (Fsp3) is 0.429. The molecule has 0 atom stereocenters. The van der Waals surface area contributed by atoms with E-state index in [1.165, 1.54) is 25.7 Å². The summed E-state index contributed by atoms with van der Waals surface area (Å²) >= 11 is 0. The first kappa shape index (κ1) is 11.3. The van der Waals surface area contributed by atoms with Crippen molar-refractivity contribution in [1.82, 2.24) is 14.8 Å². The quantitative estimate of drug-likeness (QED) is 0.896. The Morgan fingerprint density at radius 2 is 2.17 bits per heavy atom. The SMILES string of the molecule is c1cnn(-c2ccc(NCC3CCCC3)cn2)c1. The number of anilines is 1. The highest BCUT2D eigenvalue weighted by molar-refractivity contribution is 5.43. The predicted molar refractivity (Wildman–Crippen MR) is 71.8 cm³/mol. The summed E-state index contributed by atoms with van der Waals surface area (Å²) in [6.45, 7) is 1.07. The van der Waals surface area contributed by atoms with E-state index in [2.05, 4.69) is 21.5 Å². The van der Waals surface area contributed by atoms with Crippen molar-refractivity contribution in [3.63, 3.8) is 0 Å². The number of hydrogen-bond acceptors (Lipinski definition) is 3. The van der Waals surface area contributed by atoms with Gasteiger partial charge in [0.05, 0.1) is 11.9 Å². The van der Waals surface area contributed by atoms with Gasteiger partial charge in [0.15, 0.2) is 5.82 Å². The fourth-order valence-corrected chi connectivity index (χ4v) is 2.51. The minimum absolute atomic E-state index is 0.843. The number of aromatic nitrogens is 3. The zero-order valence-electron chi connectivity index (χ0n) is 10.4. The molecule has 0 aromatic carbocycles. The van der Waals surface area contributed by atoms with Crippen LogP contribution < -0.4 is 5.32 Å². The summed E-state index contributed by atoms with van der Waals surface area (Å²) in [7, 11) is 0. The molecule has 4 nitrogen and oxygen atoms in total. The maximum Gasteiger partial charge on any atom is 0.153 e. The van der Waals surface area contributed by atoms with Gasteiger partial charge >= 0.3 is 0 Å². The Hall–Kier alpha value is -1.84. The monoisotopic (exact) mass is 242 g/mol. The van der Waals surface area contributed by atoms with Gasteiger partial charge in [-0.1, -0.05) is 12.8 Å². The first-order valence-corrected chi connectivity index (χ1v) is 6.62. The largest absolute Gasteiger partial charge is 0.384 e. The summed E-state index contributed by atoms with van der Waals surface area (Å²) in [4.78, 5) is 4.40. The maximum atomic E-state index is 4.40. The molecular weight excluding hydrogens is 224 g/mol. The molecule has 18 heavy (non-hydrogen) atoms. The van der Waals surface area contributed by atoms with Crippen LogP contribution >= 0.6 is 0 Å². The Kier molecular flexibility index (Phi) is 3.26. The average molecular weight is 242 g/mol. The molecule has 3 rings (SSSR count). The minimum atomic E-state index is 0.843. The van der Waals surface area contributed by atoms with Gasteiger partial charge in [-0.15, -0.1) is 0 Å². The lowest BCUT2D eigenvalue weighted by Crippen LogP contribution is -2.11. The molecule has 1 saturated carbocycles. The van der Waals surface area contributed by atoms with E-state index >= 15 is 0 Å². The first-order valence-electron chi connectivity index (χ1n) is 6.62. The lowest BCUT2D eigenvalue weighted by molar-refractivity contribution is 0.580. The number of nitrogens with zero attached hydrogens (tertiary/aromatic N) is 3. The van der Waals surface area contributed by atoms with E-state index in [4.69, 9.17) is 0 Å². The molecular formula is C14H18N4. The average Bonchev–Trinajstić information content (AvgIpc) is 3.10. The molecule has 0 saturated heterocycles. The zero-order chi connectivity index (χ0) is 12.2. The summed E-state index contributed by atoms with van der Waals surface area (Å²) in [5, 5.41) is 7.63. The van der Waals surface area contributed by atoms with Crippen molar-refractivity contribution in [3.8, 4) is 5.82 Å². The Bertz CT molecular complexity index is 469. The van der Waals surface area contributed by atoms with Gasteiger partial charge in [0.2, 0.25) is 0 Å². The van der Waals surface area contributed by atoms with Crippen LogP contribution in [0.25, 0.3) is 5.82 Å². The zero-order valence-corrected chi connectivity index (χ0v) is 10.4. The van der Waals surface area contributed by atoms with Crippen molar-refractivity contribution < 1.29 is 0 Å². The summed E-state index contributed by atoms with van der Waals surface area (Å²) in [6, 6.07) is 5.96. The second kappa shape index (κ2) is 5.21. The van der Waals surface area contributed by atoms with E-state index < -0.39 is 0 Å². The maximum absolute atomic E-state index is 4.40. The van der Waals surface area contributed by atoms with Crippen molar-refractivity contribution in [2.24, 2.45) is 5.92 Å². The van der Waals surface area contributed by atoms with Crippen molar-refractivity contribution in [3.05, 3.63) is 36.8 Å². The highest BCUT2D eigenvalue weighted by Crippen LogP contribution is 2.24. The second-order valence-electron chi connectivity index (χ2n) is 4.89. The predicted octanol–water partition coefficient (Wildman–Crippen LogP) is 2.87. The number of hydrogen-bond donors (Lipinski definition) is 1. The van der Waals surface area contributed by atoms with Gasteiger partial charge in [-0.05, 0) is 37.0 Å². The third-order valence-electron chi connectivity index (χ3n) is 3.56. The highest BCUT2D eigenvalue weighted by Gasteiger charge is 2.14. The molecule has 0 bridgehead atoms. The first-order chi connectivity index (χ1) is 8.92. The Balaban J connectivity index is 1.60. The van der Waals surface area contributed by atoms with Gasteiger partial charge in [-0.2, -0.15) is 5.10 Å². The number of nitrogens with one attached hydrogen (secondary N) is 1. The van der Waals surface area contributed by atoms with Gasteiger partial charge in [0.1, 0.15) is 0 Å². The van der Waals surface area contributed by atoms with Crippen LogP contribution in [0, 0.1) is 5.92 Å². The molecule has 0 amide bonds. The van der Waals surface area contributed by atoms with Crippen molar-refractivity contribution in [1.29, 1.82) is 0 Å². The van der Waals surface area contributed by atoms with Gasteiger partial charge in [0.25, 0.3) is 0 Å². The Labute approximate surface area is 107 Å². The van der Waals surface area contributed by atoms with Gasteiger partial charge in [0, 0.05) is 18.9 Å². The molecule has 94 valence electrons. The van der Waals surface area contributed by atoms with E-state index in [0.29, 0.717) is 0 Å². The topological polar surface area (TPSA) is 42.7 Å². The molecule has 2 aromatic rings. The van der Waals surface area contributed by atoms with Gasteiger partial charge in [-0.3, -0.25) is 0 Å². The second-order valence-corrected chi connectivity index (χ2v) is 4.89. The smallest absolute Gasteiger partial charge is 0.153 e. The highest BCUT2D eigenvalue weighted by atomic mass is 15.3. The molecule has 0 spiro atoms. The number of rotatable bonds is 4. The minimum Gasteiger partial charge on any atom is -0.384 e.